The van der Waals surface area contributed by atoms with E-state index in [1.165, 1.54) is 18.2 Å². The Kier molecular flexibility index (Phi) is 3.40. The van der Waals surface area contributed by atoms with Crippen molar-refractivity contribution in [3.8, 4) is 0 Å². The van der Waals surface area contributed by atoms with Crippen LogP contribution < -0.4 is 0 Å². The van der Waals surface area contributed by atoms with Gasteiger partial charge in [-0.15, -0.1) is 0 Å². The van der Waals surface area contributed by atoms with Crippen molar-refractivity contribution in [3.05, 3.63) is 33.8 Å². The Labute approximate surface area is 83.2 Å². The third-order valence-corrected chi connectivity index (χ3v) is 2.32. The summed E-state index contributed by atoms with van der Waals surface area (Å²) >= 11 is 3.10. The molecular weight excluding hydrogens is 240 g/mol. The van der Waals surface area contributed by atoms with Gasteiger partial charge in [0, 0.05) is 15.6 Å². The first kappa shape index (κ1) is 10.6. The summed E-state index contributed by atoms with van der Waals surface area (Å²) in [5, 5.41) is 35.3. The molecule has 5 heteroatoms. The molecule has 72 valence electrons. The first-order chi connectivity index (χ1) is 6.02. The van der Waals surface area contributed by atoms with Crippen molar-refractivity contribution in [2.75, 3.05) is 0 Å². The van der Waals surface area contributed by atoms with E-state index in [2.05, 4.69) is 15.9 Å². The van der Waals surface area contributed by atoms with Gasteiger partial charge in [0.15, 0.2) is 12.6 Å². The topological polar surface area (TPSA) is 80.9 Å². The van der Waals surface area contributed by atoms with E-state index in [0.29, 0.717) is 4.47 Å². The Morgan fingerprint density at radius 3 is 2.08 bits per heavy atom. The highest BCUT2D eigenvalue weighted by molar-refractivity contribution is 9.10. The third kappa shape index (κ3) is 2.49. The number of halogens is 1. The first-order valence-electron chi connectivity index (χ1n) is 3.54. The van der Waals surface area contributed by atoms with Gasteiger partial charge in [0.1, 0.15) is 0 Å². The zero-order chi connectivity index (χ0) is 10.0. The van der Waals surface area contributed by atoms with Gasteiger partial charge < -0.3 is 20.4 Å². The molecule has 0 atom stereocenters. The second kappa shape index (κ2) is 4.17. The molecule has 0 saturated heterocycles. The Morgan fingerprint density at radius 2 is 1.62 bits per heavy atom. The van der Waals surface area contributed by atoms with E-state index in [0.717, 1.165) is 0 Å². The Morgan fingerprint density at radius 1 is 1.00 bits per heavy atom. The number of aliphatic hydroxyl groups is 4. The van der Waals surface area contributed by atoms with Gasteiger partial charge in [-0.2, -0.15) is 0 Å². The lowest BCUT2D eigenvalue weighted by Crippen LogP contribution is -2.00. The summed E-state index contributed by atoms with van der Waals surface area (Å²) in [4.78, 5) is 0. The molecule has 0 aliphatic rings. The number of benzene rings is 1. The molecule has 4 N–H and O–H groups in total. The number of rotatable bonds is 2. The molecule has 0 aliphatic heterocycles. The molecule has 0 fully saturated rings. The lowest BCUT2D eigenvalue weighted by molar-refractivity contribution is -0.0478. The van der Waals surface area contributed by atoms with Crippen LogP contribution in [0.5, 0.6) is 0 Å². The monoisotopic (exact) mass is 248 g/mol. The number of aliphatic hydroxyl groups excluding tert-OH is 2. The Hall–Kier alpha value is -0.460. The summed E-state index contributed by atoms with van der Waals surface area (Å²) in [6.07, 6.45) is -3.24. The summed E-state index contributed by atoms with van der Waals surface area (Å²) in [7, 11) is 0. The average molecular weight is 249 g/mol. The van der Waals surface area contributed by atoms with Crippen molar-refractivity contribution in [1.29, 1.82) is 0 Å². The number of hydrogen-bond acceptors (Lipinski definition) is 4. The number of hydrogen-bond donors (Lipinski definition) is 4. The van der Waals surface area contributed by atoms with Gasteiger partial charge in [0.25, 0.3) is 0 Å². The van der Waals surface area contributed by atoms with Crippen LogP contribution in [0.15, 0.2) is 22.7 Å². The smallest absolute Gasteiger partial charge is 0.179 e. The fraction of sp³-hybridized carbons (Fsp3) is 0.250. The maximum Gasteiger partial charge on any atom is 0.179 e. The minimum atomic E-state index is -1.63. The van der Waals surface area contributed by atoms with Gasteiger partial charge in [-0.05, 0) is 12.1 Å². The van der Waals surface area contributed by atoms with Crippen LogP contribution in [0.25, 0.3) is 0 Å². The van der Waals surface area contributed by atoms with Crippen LogP contribution in [0.4, 0.5) is 0 Å². The second-order valence-corrected chi connectivity index (χ2v) is 3.38. The highest BCUT2D eigenvalue weighted by Gasteiger charge is 2.11. The normalized spacial score (nSPS) is 11.3. The Bertz CT molecular complexity index is 298. The van der Waals surface area contributed by atoms with Crippen molar-refractivity contribution in [1.82, 2.24) is 0 Å². The summed E-state index contributed by atoms with van der Waals surface area (Å²) in [6.45, 7) is 0. The third-order valence-electron chi connectivity index (χ3n) is 1.60. The zero-order valence-corrected chi connectivity index (χ0v) is 8.14. The van der Waals surface area contributed by atoms with Crippen molar-refractivity contribution in [2.45, 2.75) is 12.6 Å². The largest absolute Gasteiger partial charge is 0.364 e. The van der Waals surface area contributed by atoms with Crippen molar-refractivity contribution >= 4 is 15.9 Å². The van der Waals surface area contributed by atoms with Crippen LogP contribution in [0.2, 0.25) is 0 Å². The molecule has 0 aliphatic carbocycles. The van der Waals surface area contributed by atoms with Gasteiger partial charge >= 0.3 is 0 Å². The van der Waals surface area contributed by atoms with Crippen LogP contribution in [-0.2, 0) is 0 Å². The Balaban J connectivity index is 3.11. The molecule has 4 nitrogen and oxygen atoms in total. The van der Waals surface area contributed by atoms with E-state index in [-0.39, 0.29) is 11.1 Å². The second-order valence-electron chi connectivity index (χ2n) is 2.53. The standard InChI is InChI=1S/C8H9BrO4/c9-6-2-1-4(7(10)11)3-5(6)8(12)13/h1-3,7-8,10-13H. The zero-order valence-electron chi connectivity index (χ0n) is 6.55. The quantitative estimate of drug-likeness (QED) is 0.572. The summed E-state index contributed by atoms with van der Waals surface area (Å²) < 4.78 is 0.506. The molecule has 0 spiro atoms. The summed E-state index contributed by atoms with van der Waals surface area (Å²) in [5.41, 5.74) is 0.414. The molecule has 0 radical (unpaired) electrons. The van der Waals surface area contributed by atoms with Crippen LogP contribution in [-0.4, -0.2) is 20.4 Å². The van der Waals surface area contributed by atoms with E-state index in [9.17, 15) is 0 Å². The predicted octanol–water partition coefficient (Wildman–Crippen LogP) is 0.415. The maximum atomic E-state index is 8.87. The molecule has 0 heterocycles. The molecular formula is C8H9BrO4. The maximum absolute atomic E-state index is 8.87. The molecule has 1 aromatic carbocycles. The van der Waals surface area contributed by atoms with Crippen LogP contribution in [0, 0.1) is 0 Å². The van der Waals surface area contributed by atoms with Crippen LogP contribution >= 0.6 is 15.9 Å². The van der Waals surface area contributed by atoms with E-state index in [4.69, 9.17) is 20.4 Å². The van der Waals surface area contributed by atoms with E-state index < -0.39 is 12.6 Å². The van der Waals surface area contributed by atoms with Gasteiger partial charge in [-0.3, -0.25) is 0 Å². The van der Waals surface area contributed by atoms with Gasteiger partial charge in [0.05, 0.1) is 0 Å². The van der Waals surface area contributed by atoms with Crippen molar-refractivity contribution in [2.24, 2.45) is 0 Å². The summed E-state index contributed by atoms with van der Waals surface area (Å²) in [5.74, 6) is 0. The summed E-state index contributed by atoms with van der Waals surface area (Å²) in [6, 6.07) is 4.30. The average Bonchev–Trinajstić information content (AvgIpc) is 2.04. The molecule has 0 unspecified atom stereocenters. The van der Waals surface area contributed by atoms with Crippen molar-refractivity contribution in [3.63, 3.8) is 0 Å². The highest BCUT2D eigenvalue weighted by Crippen LogP contribution is 2.25. The lowest BCUT2D eigenvalue weighted by atomic mass is 10.1. The fourth-order valence-electron chi connectivity index (χ4n) is 0.921. The van der Waals surface area contributed by atoms with Gasteiger partial charge in [-0.25, -0.2) is 0 Å². The molecule has 13 heavy (non-hydrogen) atoms. The SMILES string of the molecule is OC(O)c1ccc(Br)c(C(O)O)c1. The van der Waals surface area contributed by atoms with Gasteiger partial charge in [0.2, 0.25) is 0 Å². The van der Waals surface area contributed by atoms with E-state index in [1.807, 2.05) is 0 Å². The fourth-order valence-corrected chi connectivity index (χ4v) is 1.37. The molecule has 1 rings (SSSR count). The van der Waals surface area contributed by atoms with E-state index in [1.54, 1.807) is 0 Å². The minimum Gasteiger partial charge on any atom is -0.364 e. The van der Waals surface area contributed by atoms with Crippen molar-refractivity contribution < 1.29 is 20.4 Å². The predicted molar refractivity (Wildman–Crippen MR) is 48.5 cm³/mol. The van der Waals surface area contributed by atoms with Crippen LogP contribution in [0.3, 0.4) is 0 Å². The lowest BCUT2D eigenvalue weighted by Gasteiger charge is -2.10. The first-order valence-corrected chi connectivity index (χ1v) is 4.33. The van der Waals surface area contributed by atoms with E-state index >= 15 is 0 Å². The highest BCUT2D eigenvalue weighted by atomic mass is 79.9. The molecule has 0 amide bonds. The van der Waals surface area contributed by atoms with Crippen LogP contribution in [0.1, 0.15) is 23.7 Å². The minimum absolute atomic E-state index is 0.200. The molecule has 0 aromatic heterocycles. The van der Waals surface area contributed by atoms with Gasteiger partial charge in [-0.1, -0.05) is 22.0 Å². The molecule has 0 bridgehead atoms. The molecule has 0 saturated carbocycles. The molecule has 1 aromatic rings.